The van der Waals surface area contributed by atoms with Gasteiger partial charge in [0.1, 0.15) is 11.4 Å². The summed E-state index contributed by atoms with van der Waals surface area (Å²) in [7, 11) is 0. The van der Waals surface area contributed by atoms with E-state index >= 15 is 0 Å². The van der Waals surface area contributed by atoms with Gasteiger partial charge in [-0.2, -0.15) is 9.46 Å². The SMILES string of the molecule is CC1(C)SN=C(c2ccco2)N(OCc2ccccc2)C1=O. The van der Waals surface area contributed by atoms with Crippen LogP contribution in [0.15, 0.2) is 57.5 Å². The maximum Gasteiger partial charge on any atom is 0.270 e. The average Bonchev–Trinajstić information content (AvgIpc) is 3.04. The molecule has 0 spiro atoms. The summed E-state index contributed by atoms with van der Waals surface area (Å²) in [5.41, 5.74) is 0.977. The number of benzene rings is 1. The Balaban J connectivity index is 1.85. The lowest BCUT2D eigenvalue weighted by Gasteiger charge is -2.33. The fraction of sp³-hybridized carbons (Fsp3) is 0.250. The largest absolute Gasteiger partial charge is 0.461 e. The fourth-order valence-corrected chi connectivity index (χ4v) is 2.60. The third-order valence-corrected chi connectivity index (χ3v) is 4.09. The number of amides is 1. The molecule has 22 heavy (non-hydrogen) atoms. The zero-order chi connectivity index (χ0) is 15.6. The van der Waals surface area contributed by atoms with Gasteiger partial charge in [0.25, 0.3) is 5.91 Å². The van der Waals surface area contributed by atoms with Crippen molar-refractivity contribution in [1.29, 1.82) is 0 Å². The van der Waals surface area contributed by atoms with Crippen molar-refractivity contribution in [1.82, 2.24) is 5.06 Å². The molecule has 0 radical (unpaired) electrons. The van der Waals surface area contributed by atoms with E-state index in [4.69, 9.17) is 9.25 Å². The summed E-state index contributed by atoms with van der Waals surface area (Å²) in [6.45, 7) is 3.93. The summed E-state index contributed by atoms with van der Waals surface area (Å²) in [6, 6.07) is 13.2. The van der Waals surface area contributed by atoms with Crippen LogP contribution >= 0.6 is 11.9 Å². The van der Waals surface area contributed by atoms with E-state index in [2.05, 4.69) is 4.40 Å². The van der Waals surface area contributed by atoms with Crippen LogP contribution in [0.5, 0.6) is 0 Å². The molecule has 1 aliphatic rings. The van der Waals surface area contributed by atoms with Crippen LogP contribution in [0.1, 0.15) is 25.2 Å². The summed E-state index contributed by atoms with van der Waals surface area (Å²) >= 11 is 1.22. The Kier molecular flexibility index (Phi) is 4.04. The van der Waals surface area contributed by atoms with E-state index in [9.17, 15) is 4.79 Å². The van der Waals surface area contributed by atoms with Crippen LogP contribution in [0.3, 0.4) is 0 Å². The molecule has 114 valence electrons. The predicted molar refractivity (Wildman–Crippen MR) is 85.0 cm³/mol. The Bertz CT molecular complexity index is 681. The van der Waals surface area contributed by atoms with Crippen LogP contribution in [0, 0.1) is 0 Å². The first-order valence-corrected chi connectivity index (χ1v) is 7.67. The van der Waals surface area contributed by atoms with Crippen LogP contribution in [-0.2, 0) is 16.2 Å². The number of hydroxylamine groups is 2. The van der Waals surface area contributed by atoms with Crippen LogP contribution in [-0.4, -0.2) is 21.6 Å². The summed E-state index contributed by atoms with van der Waals surface area (Å²) in [4.78, 5) is 18.4. The molecule has 0 saturated heterocycles. The van der Waals surface area contributed by atoms with Gasteiger partial charge in [-0.05, 0) is 43.5 Å². The van der Waals surface area contributed by atoms with Crippen molar-refractivity contribution >= 4 is 23.7 Å². The van der Waals surface area contributed by atoms with E-state index in [1.807, 2.05) is 44.2 Å². The number of nitrogens with zero attached hydrogens (tertiary/aromatic N) is 2. The first-order chi connectivity index (χ1) is 10.6. The van der Waals surface area contributed by atoms with Crippen molar-refractivity contribution in [3.8, 4) is 0 Å². The number of furan rings is 1. The number of amidine groups is 1. The lowest BCUT2D eigenvalue weighted by atomic mass is 10.2. The third kappa shape index (κ3) is 2.93. The molecule has 0 atom stereocenters. The normalized spacial score (nSPS) is 17.5. The van der Waals surface area contributed by atoms with Crippen molar-refractivity contribution in [2.45, 2.75) is 25.2 Å². The minimum absolute atomic E-state index is 0.158. The molecule has 6 heteroatoms. The quantitative estimate of drug-likeness (QED) is 0.811. The van der Waals surface area contributed by atoms with Gasteiger partial charge in [-0.25, -0.2) is 0 Å². The Hall–Kier alpha value is -2.05. The Morgan fingerprint density at radius 2 is 2.00 bits per heavy atom. The van der Waals surface area contributed by atoms with Gasteiger partial charge in [0, 0.05) is 0 Å². The molecular weight excluding hydrogens is 300 g/mol. The molecule has 5 nitrogen and oxygen atoms in total. The molecular formula is C16H16N2O3S. The highest BCUT2D eigenvalue weighted by molar-refractivity contribution is 8.00. The second-order valence-corrected chi connectivity index (χ2v) is 6.74. The Labute approximate surface area is 133 Å². The maximum absolute atomic E-state index is 12.6. The lowest BCUT2D eigenvalue weighted by Crippen LogP contribution is -2.49. The first-order valence-electron chi connectivity index (χ1n) is 6.89. The van der Waals surface area contributed by atoms with Gasteiger partial charge in [-0.1, -0.05) is 30.3 Å². The zero-order valence-electron chi connectivity index (χ0n) is 12.4. The van der Waals surface area contributed by atoms with Crippen molar-refractivity contribution in [3.63, 3.8) is 0 Å². The predicted octanol–water partition coefficient (Wildman–Crippen LogP) is 3.43. The Morgan fingerprint density at radius 3 is 2.68 bits per heavy atom. The van der Waals surface area contributed by atoms with E-state index in [-0.39, 0.29) is 12.5 Å². The molecule has 2 aromatic rings. The van der Waals surface area contributed by atoms with E-state index in [1.54, 1.807) is 18.4 Å². The van der Waals surface area contributed by atoms with Crippen molar-refractivity contribution in [2.24, 2.45) is 4.40 Å². The maximum atomic E-state index is 12.6. The summed E-state index contributed by atoms with van der Waals surface area (Å²) in [5, 5.41) is 1.24. The van der Waals surface area contributed by atoms with E-state index in [1.165, 1.54) is 17.0 Å². The zero-order valence-corrected chi connectivity index (χ0v) is 13.2. The van der Waals surface area contributed by atoms with Gasteiger partial charge in [0.15, 0.2) is 5.76 Å². The van der Waals surface area contributed by atoms with Crippen LogP contribution in [0.25, 0.3) is 0 Å². The van der Waals surface area contributed by atoms with Crippen molar-refractivity contribution in [3.05, 3.63) is 60.1 Å². The van der Waals surface area contributed by atoms with Gasteiger partial charge in [0.05, 0.1) is 6.26 Å². The van der Waals surface area contributed by atoms with Gasteiger partial charge in [0.2, 0.25) is 5.84 Å². The molecule has 1 amide bonds. The van der Waals surface area contributed by atoms with Crippen molar-refractivity contribution < 1.29 is 14.0 Å². The molecule has 1 aromatic heterocycles. The molecule has 2 heterocycles. The van der Waals surface area contributed by atoms with Crippen molar-refractivity contribution in [2.75, 3.05) is 0 Å². The van der Waals surface area contributed by atoms with Gasteiger partial charge in [-0.3, -0.25) is 9.63 Å². The lowest BCUT2D eigenvalue weighted by molar-refractivity contribution is -0.169. The third-order valence-electron chi connectivity index (χ3n) is 3.20. The number of rotatable bonds is 4. The highest BCUT2D eigenvalue weighted by atomic mass is 32.2. The smallest absolute Gasteiger partial charge is 0.270 e. The van der Waals surface area contributed by atoms with Gasteiger partial charge < -0.3 is 4.42 Å². The molecule has 0 aliphatic carbocycles. The molecule has 0 bridgehead atoms. The molecule has 0 unspecified atom stereocenters. The summed E-state index contributed by atoms with van der Waals surface area (Å²) in [5.74, 6) is 0.731. The highest BCUT2D eigenvalue weighted by Gasteiger charge is 2.41. The van der Waals surface area contributed by atoms with Gasteiger partial charge in [-0.15, -0.1) is 0 Å². The van der Waals surface area contributed by atoms with Crippen LogP contribution in [0.4, 0.5) is 0 Å². The first kappa shape index (κ1) is 14.9. The molecule has 1 aliphatic heterocycles. The monoisotopic (exact) mass is 316 g/mol. The minimum Gasteiger partial charge on any atom is -0.461 e. The Morgan fingerprint density at radius 1 is 1.23 bits per heavy atom. The summed E-state index contributed by atoms with van der Waals surface area (Å²) in [6.07, 6.45) is 1.54. The summed E-state index contributed by atoms with van der Waals surface area (Å²) < 4.78 is 9.07. The molecule has 3 rings (SSSR count). The standard InChI is InChI=1S/C16H16N2O3S/c1-16(2)15(19)18(21-11-12-7-4-3-5-8-12)14(17-22-16)13-9-6-10-20-13/h3-10H,11H2,1-2H3. The van der Waals surface area contributed by atoms with Crippen LogP contribution < -0.4 is 0 Å². The van der Waals surface area contributed by atoms with E-state index in [0.29, 0.717) is 11.6 Å². The molecule has 1 aromatic carbocycles. The molecule has 0 N–H and O–H groups in total. The second-order valence-electron chi connectivity index (χ2n) is 5.35. The van der Waals surface area contributed by atoms with Crippen LogP contribution in [0.2, 0.25) is 0 Å². The van der Waals surface area contributed by atoms with Gasteiger partial charge >= 0.3 is 0 Å². The number of hydrogen-bond donors (Lipinski definition) is 0. The van der Waals surface area contributed by atoms with E-state index < -0.39 is 4.75 Å². The highest BCUT2D eigenvalue weighted by Crippen LogP contribution is 2.34. The minimum atomic E-state index is -0.674. The number of carbonyl (C=O) groups is 1. The number of hydrogen-bond acceptors (Lipinski definition) is 5. The second kappa shape index (κ2) is 5.98. The average molecular weight is 316 g/mol. The fourth-order valence-electron chi connectivity index (χ4n) is 1.96. The topological polar surface area (TPSA) is 55.0 Å². The molecule has 0 fully saturated rings. The number of carbonyl (C=O) groups excluding carboxylic acids is 1. The van der Waals surface area contributed by atoms with E-state index in [0.717, 1.165) is 5.56 Å². The molecule has 0 saturated carbocycles.